The van der Waals surface area contributed by atoms with E-state index in [0.29, 0.717) is 11.3 Å². The molecule has 1 heterocycles. The fourth-order valence-electron chi connectivity index (χ4n) is 2.77. The van der Waals surface area contributed by atoms with Gasteiger partial charge in [-0.15, -0.1) is 0 Å². The lowest BCUT2D eigenvalue weighted by Crippen LogP contribution is -2.05. The summed E-state index contributed by atoms with van der Waals surface area (Å²) >= 11 is 0. The Labute approximate surface area is 124 Å². The summed E-state index contributed by atoms with van der Waals surface area (Å²) in [6, 6.07) is 6.92. The number of sulfone groups is 1. The van der Waals surface area contributed by atoms with Gasteiger partial charge in [-0.25, -0.2) is 13.4 Å². The van der Waals surface area contributed by atoms with Crippen LogP contribution in [0.2, 0.25) is 0 Å². The molecule has 0 saturated heterocycles. The zero-order valence-corrected chi connectivity index (χ0v) is 12.6. The Balaban J connectivity index is 2.11. The maximum atomic E-state index is 12.0. The van der Waals surface area contributed by atoms with Crippen molar-refractivity contribution in [3.8, 4) is 11.3 Å². The summed E-state index contributed by atoms with van der Waals surface area (Å²) in [6.45, 7) is 0. The Hall–Kier alpha value is -1.88. The van der Waals surface area contributed by atoms with Crippen molar-refractivity contribution in [2.45, 2.75) is 30.1 Å². The van der Waals surface area contributed by atoms with Gasteiger partial charge in [0.1, 0.15) is 0 Å². The first-order chi connectivity index (χ1) is 10.1. The molecule has 1 atom stereocenters. The first kappa shape index (κ1) is 14.1. The van der Waals surface area contributed by atoms with E-state index in [1.54, 1.807) is 18.2 Å². The lowest BCUT2D eigenvalue weighted by atomic mass is 9.89. The molecule has 3 rings (SSSR count). The fraction of sp³-hybridized carbons (Fsp3) is 0.312. The molecule has 1 aromatic heterocycles. The SMILES string of the molecule is CS(=O)(=O)c1ccccc1-c1ocnc1C1CC=CCC1. The van der Waals surface area contributed by atoms with Crippen LogP contribution in [0, 0.1) is 0 Å². The quantitative estimate of drug-likeness (QED) is 0.813. The first-order valence-corrected chi connectivity index (χ1v) is 8.84. The molecule has 0 N–H and O–H groups in total. The Bertz CT molecular complexity index is 774. The highest BCUT2D eigenvalue weighted by Gasteiger charge is 2.24. The van der Waals surface area contributed by atoms with Crippen LogP contribution in [0.25, 0.3) is 11.3 Å². The third-order valence-electron chi connectivity index (χ3n) is 3.78. The molecule has 4 nitrogen and oxygen atoms in total. The molecule has 0 saturated carbocycles. The van der Waals surface area contributed by atoms with Crippen LogP contribution in [0.3, 0.4) is 0 Å². The van der Waals surface area contributed by atoms with E-state index in [1.807, 2.05) is 6.07 Å². The van der Waals surface area contributed by atoms with Gasteiger partial charge in [0.2, 0.25) is 0 Å². The monoisotopic (exact) mass is 303 g/mol. The summed E-state index contributed by atoms with van der Waals surface area (Å²) in [5.41, 5.74) is 1.46. The van der Waals surface area contributed by atoms with Crippen LogP contribution in [-0.2, 0) is 9.84 Å². The number of rotatable bonds is 3. The van der Waals surface area contributed by atoms with E-state index in [-0.39, 0.29) is 10.8 Å². The lowest BCUT2D eigenvalue weighted by Gasteiger charge is -2.17. The van der Waals surface area contributed by atoms with Crippen LogP contribution < -0.4 is 0 Å². The van der Waals surface area contributed by atoms with Crippen molar-refractivity contribution in [1.82, 2.24) is 4.98 Å². The number of hydrogen-bond acceptors (Lipinski definition) is 4. The molecular formula is C16H17NO3S. The van der Waals surface area contributed by atoms with Gasteiger partial charge in [0.05, 0.1) is 10.6 Å². The molecule has 0 bridgehead atoms. The van der Waals surface area contributed by atoms with E-state index >= 15 is 0 Å². The number of aromatic nitrogens is 1. The van der Waals surface area contributed by atoms with Crippen molar-refractivity contribution >= 4 is 9.84 Å². The minimum Gasteiger partial charge on any atom is -0.443 e. The number of hydrogen-bond donors (Lipinski definition) is 0. The molecule has 0 fully saturated rings. The molecule has 2 aromatic rings. The number of allylic oxidation sites excluding steroid dienone is 2. The summed E-state index contributed by atoms with van der Waals surface area (Å²) < 4.78 is 29.5. The van der Waals surface area contributed by atoms with Crippen LogP contribution in [0.15, 0.2) is 52.1 Å². The molecule has 5 heteroatoms. The highest BCUT2D eigenvalue weighted by Crippen LogP contribution is 2.37. The van der Waals surface area contributed by atoms with Gasteiger partial charge in [-0.2, -0.15) is 0 Å². The number of benzene rings is 1. The third-order valence-corrected chi connectivity index (χ3v) is 4.94. The Morgan fingerprint density at radius 1 is 1.24 bits per heavy atom. The van der Waals surface area contributed by atoms with Gasteiger partial charge >= 0.3 is 0 Å². The topological polar surface area (TPSA) is 60.2 Å². The van der Waals surface area contributed by atoms with Crippen molar-refractivity contribution in [2.24, 2.45) is 0 Å². The van der Waals surface area contributed by atoms with Crippen molar-refractivity contribution in [2.75, 3.05) is 6.26 Å². The second kappa shape index (κ2) is 5.48. The van der Waals surface area contributed by atoms with Gasteiger partial charge in [0, 0.05) is 17.7 Å². The Morgan fingerprint density at radius 3 is 2.76 bits per heavy atom. The van der Waals surface area contributed by atoms with E-state index in [9.17, 15) is 8.42 Å². The predicted octanol–water partition coefficient (Wildman–Crippen LogP) is 3.57. The largest absolute Gasteiger partial charge is 0.443 e. The number of oxazole rings is 1. The van der Waals surface area contributed by atoms with E-state index in [2.05, 4.69) is 17.1 Å². The van der Waals surface area contributed by atoms with Crippen LogP contribution in [-0.4, -0.2) is 19.7 Å². The second-order valence-electron chi connectivity index (χ2n) is 5.32. The van der Waals surface area contributed by atoms with Gasteiger partial charge in [0.15, 0.2) is 22.0 Å². The average Bonchev–Trinajstić information content (AvgIpc) is 2.96. The lowest BCUT2D eigenvalue weighted by molar-refractivity contribution is 0.560. The van der Waals surface area contributed by atoms with Crippen molar-refractivity contribution in [1.29, 1.82) is 0 Å². The van der Waals surface area contributed by atoms with Gasteiger partial charge in [0.25, 0.3) is 0 Å². The first-order valence-electron chi connectivity index (χ1n) is 6.95. The van der Waals surface area contributed by atoms with Crippen molar-refractivity contribution in [3.05, 3.63) is 48.5 Å². The molecule has 1 unspecified atom stereocenters. The molecule has 1 aliphatic rings. The van der Waals surface area contributed by atoms with Crippen LogP contribution in [0.1, 0.15) is 30.9 Å². The standard InChI is InChI=1S/C16H17NO3S/c1-21(18,19)14-10-6-5-9-13(14)16-15(17-11-20-16)12-7-3-2-4-8-12/h2-3,5-6,9-12H,4,7-8H2,1H3. The van der Waals surface area contributed by atoms with Gasteiger partial charge in [-0.05, 0) is 31.4 Å². The average molecular weight is 303 g/mol. The summed E-state index contributed by atoms with van der Waals surface area (Å²) in [6.07, 6.45) is 9.88. The molecular weight excluding hydrogens is 286 g/mol. The van der Waals surface area contributed by atoms with E-state index in [0.717, 1.165) is 25.0 Å². The van der Waals surface area contributed by atoms with Crippen LogP contribution in [0.4, 0.5) is 0 Å². The molecule has 0 spiro atoms. The molecule has 1 aliphatic carbocycles. The minimum atomic E-state index is -3.31. The minimum absolute atomic E-state index is 0.286. The summed E-state index contributed by atoms with van der Waals surface area (Å²) in [5.74, 6) is 0.868. The zero-order chi connectivity index (χ0) is 14.9. The Morgan fingerprint density at radius 2 is 2.05 bits per heavy atom. The van der Waals surface area contributed by atoms with Gasteiger partial charge in [-0.1, -0.05) is 24.3 Å². The summed E-state index contributed by atoms with van der Waals surface area (Å²) in [5, 5.41) is 0. The molecule has 0 radical (unpaired) electrons. The smallest absolute Gasteiger partial charge is 0.181 e. The van der Waals surface area contributed by atoms with Crippen molar-refractivity contribution < 1.29 is 12.8 Å². The van der Waals surface area contributed by atoms with E-state index < -0.39 is 9.84 Å². The molecule has 0 aliphatic heterocycles. The predicted molar refractivity (Wildman–Crippen MR) is 80.8 cm³/mol. The zero-order valence-electron chi connectivity index (χ0n) is 11.8. The normalized spacial score (nSPS) is 18.8. The Kier molecular flexibility index (Phi) is 3.68. The second-order valence-corrected chi connectivity index (χ2v) is 7.30. The molecule has 110 valence electrons. The third kappa shape index (κ3) is 2.78. The summed E-state index contributed by atoms with van der Waals surface area (Å²) in [7, 11) is -3.31. The maximum Gasteiger partial charge on any atom is 0.181 e. The fourth-order valence-corrected chi connectivity index (χ4v) is 3.65. The van der Waals surface area contributed by atoms with Crippen LogP contribution in [0.5, 0.6) is 0 Å². The maximum absolute atomic E-state index is 12.0. The van der Waals surface area contributed by atoms with Crippen LogP contribution >= 0.6 is 0 Å². The van der Waals surface area contributed by atoms with E-state index in [1.165, 1.54) is 12.6 Å². The highest BCUT2D eigenvalue weighted by molar-refractivity contribution is 7.90. The summed E-state index contributed by atoms with van der Waals surface area (Å²) in [4.78, 5) is 4.63. The number of nitrogens with zero attached hydrogens (tertiary/aromatic N) is 1. The molecule has 0 amide bonds. The van der Waals surface area contributed by atoms with Crippen molar-refractivity contribution in [3.63, 3.8) is 0 Å². The molecule has 21 heavy (non-hydrogen) atoms. The van der Waals surface area contributed by atoms with Gasteiger partial charge in [-0.3, -0.25) is 0 Å². The van der Waals surface area contributed by atoms with E-state index in [4.69, 9.17) is 4.42 Å². The van der Waals surface area contributed by atoms with Gasteiger partial charge < -0.3 is 4.42 Å². The highest BCUT2D eigenvalue weighted by atomic mass is 32.2. The molecule has 1 aromatic carbocycles.